The van der Waals surface area contributed by atoms with Crippen LogP contribution in [0.5, 0.6) is 0 Å². The second-order valence-corrected chi connectivity index (χ2v) is 8.80. The molecule has 2 atom stereocenters. The minimum atomic E-state index is -3.34. The molecule has 0 aromatic heterocycles. The van der Waals surface area contributed by atoms with E-state index in [1.54, 1.807) is 26.0 Å². The number of benzene rings is 2. The van der Waals surface area contributed by atoms with Gasteiger partial charge in [-0.3, -0.25) is 0 Å². The lowest BCUT2D eigenvalue weighted by molar-refractivity contribution is 0.102. The van der Waals surface area contributed by atoms with Crippen LogP contribution in [0.2, 0.25) is 0 Å². The molecular weight excluding hydrogens is 341 g/mol. The average molecular weight is 363 g/mol. The van der Waals surface area contributed by atoms with Crippen molar-refractivity contribution in [3.05, 3.63) is 59.9 Å². The van der Waals surface area contributed by atoms with Gasteiger partial charge >= 0.3 is 0 Å². The predicted octanol–water partition coefficient (Wildman–Crippen LogP) is 3.65. The second-order valence-electron chi connectivity index (χ2n) is 6.53. The zero-order valence-electron chi connectivity index (χ0n) is 14.3. The highest BCUT2D eigenvalue weighted by atomic mass is 32.2. The van der Waals surface area contributed by atoms with Crippen LogP contribution in [-0.4, -0.2) is 26.3 Å². The molecule has 25 heavy (non-hydrogen) atoms. The molecule has 0 bridgehead atoms. The molecule has 1 aliphatic rings. The quantitative estimate of drug-likeness (QED) is 0.882. The molecule has 3 rings (SSSR count). The Morgan fingerprint density at radius 1 is 1.04 bits per heavy atom. The van der Waals surface area contributed by atoms with Gasteiger partial charge in [0, 0.05) is 6.61 Å². The maximum absolute atomic E-state index is 13.0. The summed E-state index contributed by atoms with van der Waals surface area (Å²) in [7, 11) is -3.34. The first-order chi connectivity index (χ1) is 11.9. The Bertz CT molecular complexity index is 817. The Kier molecular flexibility index (Phi) is 5.22. The first-order valence-electron chi connectivity index (χ1n) is 8.35. The van der Waals surface area contributed by atoms with Crippen LogP contribution in [0.25, 0.3) is 11.1 Å². The molecule has 0 aliphatic carbocycles. The van der Waals surface area contributed by atoms with Crippen LogP contribution in [0.4, 0.5) is 4.39 Å². The lowest BCUT2D eigenvalue weighted by Crippen LogP contribution is -2.40. The van der Waals surface area contributed by atoms with E-state index in [1.165, 1.54) is 12.1 Å². The maximum atomic E-state index is 13.0. The van der Waals surface area contributed by atoms with Crippen molar-refractivity contribution >= 4 is 10.0 Å². The van der Waals surface area contributed by atoms with E-state index in [9.17, 15) is 12.8 Å². The molecule has 1 saturated heterocycles. The van der Waals surface area contributed by atoms with E-state index in [2.05, 4.69) is 4.72 Å². The molecule has 0 amide bonds. The van der Waals surface area contributed by atoms with Crippen molar-refractivity contribution in [2.45, 2.75) is 37.7 Å². The van der Waals surface area contributed by atoms with E-state index in [4.69, 9.17) is 4.74 Å². The lowest BCUT2D eigenvalue weighted by Gasteiger charge is -2.21. The van der Waals surface area contributed by atoms with E-state index in [0.29, 0.717) is 13.0 Å². The standard InChI is InChI=1S/C19H22FNO3S/c1-13(2)25(22,23)21-18-11-12-24-19(18)16-5-3-14(4-6-16)15-7-9-17(20)10-8-15/h3-10,13,18-19,21H,11-12H2,1-2H3/t18-,19-/m0/s1. The smallest absolute Gasteiger partial charge is 0.214 e. The molecule has 0 radical (unpaired) electrons. The van der Waals surface area contributed by atoms with Crippen LogP contribution in [0.1, 0.15) is 31.9 Å². The maximum Gasteiger partial charge on any atom is 0.214 e. The van der Waals surface area contributed by atoms with Gasteiger partial charge in [0.1, 0.15) is 5.82 Å². The zero-order chi connectivity index (χ0) is 18.0. The number of nitrogens with one attached hydrogen (secondary N) is 1. The van der Waals surface area contributed by atoms with Crippen LogP contribution in [0, 0.1) is 5.82 Å². The minimum Gasteiger partial charge on any atom is -0.372 e. The van der Waals surface area contributed by atoms with Crippen molar-refractivity contribution < 1.29 is 17.5 Å². The molecule has 4 nitrogen and oxygen atoms in total. The normalized spacial score (nSPS) is 21.0. The van der Waals surface area contributed by atoms with Gasteiger partial charge in [-0.2, -0.15) is 0 Å². The van der Waals surface area contributed by atoms with Crippen molar-refractivity contribution in [1.29, 1.82) is 0 Å². The Labute approximate surface area is 148 Å². The summed E-state index contributed by atoms with van der Waals surface area (Å²) in [6, 6.07) is 13.8. The van der Waals surface area contributed by atoms with Gasteiger partial charge in [-0.05, 0) is 49.1 Å². The Morgan fingerprint density at radius 3 is 2.16 bits per heavy atom. The van der Waals surface area contributed by atoms with Crippen LogP contribution in [-0.2, 0) is 14.8 Å². The number of rotatable bonds is 5. The molecule has 0 unspecified atom stereocenters. The summed E-state index contributed by atoms with van der Waals surface area (Å²) in [5.74, 6) is -0.264. The van der Waals surface area contributed by atoms with E-state index >= 15 is 0 Å². The van der Waals surface area contributed by atoms with Gasteiger partial charge in [0.2, 0.25) is 10.0 Å². The van der Waals surface area contributed by atoms with E-state index in [0.717, 1.165) is 16.7 Å². The number of ether oxygens (including phenoxy) is 1. The molecular formula is C19H22FNO3S. The van der Waals surface area contributed by atoms with Crippen LogP contribution in [0.15, 0.2) is 48.5 Å². The molecule has 1 aliphatic heterocycles. The fraction of sp³-hybridized carbons (Fsp3) is 0.368. The SMILES string of the molecule is CC(C)S(=O)(=O)N[C@H]1CCO[C@H]1c1ccc(-c2ccc(F)cc2)cc1. The molecule has 2 aromatic carbocycles. The van der Waals surface area contributed by atoms with Crippen molar-refractivity contribution in [3.63, 3.8) is 0 Å². The van der Waals surface area contributed by atoms with Crippen molar-refractivity contribution in [3.8, 4) is 11.1 Å². The minimum absolute atomic E-state index is 0.260. The molecule has 2 aromatic rings. The van der Waals surface area contributed by atoms with Crippen molar-refractivity contribution in [2.24, 2.45) is 0 Å². The third-order valence-corrected chi connectivity index (χ3v) is 6.32. The van der Waals surface area contributed by atoms with Crippen LogP contribution in [0.3, 0.4) is 0 Å². The molecule has 6 heteroatoms. The van der Waals surface area contributed by atoms with Gasteiger partial charge in [0.15, 0.2) is 0 Å². The molecule has 1 N–H and O–H groups in total. The van der Waals surface area contributed by atoms with E-state index in [1.807, 2.05) is 24.3 Å². The van der Waals surface area contributed by atoms with E-state index in [-0.39, 0.29) is 18.0 Å². The lowest BCUT2D eigenvalue weighted by atomic mass is 9.99. The number of hydrogen-bond donors (Lipinski definition) is 1. The topological polar surface area (TPSA) is 55.4 Å². The highest BCUT2D eigenvalue weighted by Gasteiger charge is 2.33. The fourth-order valence-corrected chi connectivity index (χ4v) is 3.83. The zero-order valence-corrected chi connectivity index (χ0v) is 15.1. The predicted molar refractivity (Wildman–Crippen MR) is 96.1 cm³/mol. The van der Waals surface area contributed by atoms with Gasteiger partial charge in [0.25, 0.3) is 0 Å². The van der Waals surface area contributed by atoms with Crippen molar-refractivity contribution in [1.82, 2.24) is 4.72 Å². The highest BCUT2D eigenvalue weighted by molar-refractivity contribution is 7.90. The van der Waals surface area contributed by atoms with Gasteiger partial charge in [-0.25, -0.2) is 17.5 Å². The fourth-order valence-electron chi connectivity index (χ4n) is 2.89. The van der Waals surface area contributed by atoms with Crippen LogP contribution < -0.4 is 4.72 Å². The molecule has 0 saturated carbocycles. The van der Waals surface area contributed by atoms with Gasteiger partial charge in [-0.1, -0.05) is 36.4 Å². The summed E-state index contributed by atoms with van der Waals surface area (Å²) in [5.41, 5.74) is 2.83. The summed E-state index contributed by atoms with van der Waals surface area (Å²) in [6.45, 7) is 3.84. The second kappa shape index (κ2) is 7.23. The summed E-state index contributed by atoms with van der Waals surface area (Å²) in [6.07, 6.45) is 0.354. The highest BCUT2D eigenvalue weighted by Crippen LogP contribution is 2.31. The third-order valence-electron chi connectivity index (χ3n) is 4.44. The van der Waals surface area contributed by atoms with Crippen molar-refractivity contribution in [2.75, 3.05) is 6.61 Å². The van der Waals surface area contributed by atoms with Gasteiger partial charge in [0.05, 0.1) is 17.4 Å². The molecule has 0 spiro atoms. The number of halogens is 1. The van der Waals surface area contributed by atoms with Gasteiger partial charge in [-0.15, -0.1) is 0 Å². The third kappa shape index (κ3) is 4.08. The molecule has 1 fully saturated rings. The Balaban J connectivity index is 1.78. The Hall–Kier alpha value is -1.76. The van der Waals surface area contributed by atoms with E-state index < -0.39 is 15.3 Å². The summed E-state index contributed by atoms with van der Waals surface area (Å²) in [4.78, 5) is 0. The average Bonchev–Trinajstić information content (AvgIpc) is 3.03. The summed E-state index contributed by atoms with van der Waals surface area (Å²) >= 11 is 0. The largest absolute Gasteiger partial charge is 0.372 e. The first kappa shape index (κ1) is 18.0. The summed E-state index contributed by atoms with van der Waals surface area (Å²) < 4.78 is 45.8. The number of sulfonamides is 1. The summed E-state index contributed by atoms with van der Waals surface area (Å²) in [5, 5.41) is -0.477. The molecule has 1 heterocycles. The number of hydrogen-bond acceptors (Lipinski definition) is 3. The monoisotopic (exact) mass is 363 g/mol. The first-order valence-corrected chi connectivity index (χ1v) is 9.90. The van der Waals surface area contributed by atoms with Gasteiger partial charge < -0.3 is 4.74 Å². The molecule has 134 valence electrons. The Morgan fingerprint density at radius 2 is 1.60 bits per heavy atom. The van der Waals surface area contributed by atoms with Crippen LogP contribution >= 0.6 is 0 Å².